The first-order valence-corrected chi connectivity index (χ1v) is 8.91. The van der Waals surface area contributed by atoms with E-state index in [0.717, 1.165) is 0 Å². The molecule has 0 aromatic heterocycles. The number of hydrogen-bond donors (Lipinski definition) is 4. The lowest BCUT2D eigenvalue weighted by atomic mass is 10.1. The maximum Gasteiger partial charge on any atom is 0.334 e. The zero-order chi connectivity index (χ0) is 14.2. The molecule has 0 aliphatic carbocycles. The second-order valence-electron chi connectivity index (χ2n) is 4.06. The fraction of sp³-hybridized carbons (Fsp3) is 1.00. The zero-order valence-electron chi connectivity index (χ0n) is 11.5. The van der Waals surface area contributed by atoms with Crippen LogP contribution < -0.4 is 0 Å². The van der Waals surface area contributed by atoms with Gasteiger partial charge in [0.25, 0.3) is 0 Å². The first-order valence-electron chi connectivity index (χ1n) is 6.58. The Bertz CT molecular complexity index is 133. The topological polar surface area (TPSA) is 90.2 Å². The molecule has 18 heavy (non-hydrogen) atoms. The highest BCUT2D eigenvalue weighted by Gasteiger charge is 2.05. The average molecular weight is 302 g/mol. The van der Waals surface area contributed by atoms with Crippen LogP contribution in [0.25, 0.3) is 0 Å². The van der Waals surface area contributed by atoms with Gasteiger partial charge in [-0.3, -0.25) is 0 Å². The normalized spacial score (nSPS) is 10.7. The molecule has 4 N–H and O–H groups in total. The van der Waals surface area contributed by atoms with Gasteiger partial charge in [-0.25, -0.2) is 4.31 Å². The van der Waals surface area contributed by atoms with Crippen LogP contribution in [0.2, 0.25) is 0 Å². The minimum Gasteiger partial charge on any atom is -0.328 e. The number of unbranched alkanes of at least 4 members (excludes halogenated alkanes) is 8. The van der Waals surface area contributed by atoms with E-state index >= 15 is 0 Å². The smallest absolute Gasteiger partial charge is 0.328 e. The summed E-state index contributed by atoms with van der Waals surface area (Å²) in [6, 6.07) is 0. The van der Waals surface area contributed by atoms with Gasteiger partial charge < -0.3 is 19.6 Å². The SMILES string of the molecule is CCCCCCCCCCC.OP(O)OP(O)O. The van der Waals surface area contributed by atoms with Gasteiger partial charge in [0.2, 0.25) is 0 Å². The summed E-state index contributed by atoms with van der Waals surface area (Å²) in [5.41, 5.74) is 0. The van der Waals surface area contributed by atoms with Gasteiger partial charge in [0.1, 0.15) is 0 Å². The monoisotopic (exact) mass is 302 g/mol. The third-order valence-corrected chi connectivity index (χ3v) is 3.52. The second kappa shape index (κ2) is 17.7. The van der Waals surface area contributed by atoms with E-state index < -0.39 is 17.2 Å². The Morgan fingerprint density at radius 2 is 0.889 bits per heavy atom. The Morgan fingerprint density at radius 3 is 1.06 bits per heavy atom. The molecular weight excluding hydrogens is 274 g/mol. The van der Waals surface area contributed by atoms with Gasteiger partial charge in [-0.15, -0.1) is 0 Å². The lowest BCUT2D eigenvalue weighted by Crippen LogP contribution is -1.79. The van der Waals surface area contributed by atoms with E-state index in [1.807, 2.05) is 0 Å². The highest BCUT2D eigenvalue weighted by atomic mass is 31.2. The minimum absolute atomic E-state index is 1.37. The Hall–Kier alpha value is 0.660. The molecule has 0 bridgehead atoms. The molecule has 0 radical (unpaired) electrons. The quantitative estimate of drug-likeness (QED) is 0.362. The van der Waals surface area contributed by atoms with Crippen molar-refractivity contribution >= 4 is 17.2 Å². The summed E-state index contributed by atoms with van der Waals surface area (Å²) in [5, 5.41) is 0. The summed E-state index contributed by atoms with van der Waals surface area (Å²) >= 11 is 0. The molecule has 0 atom stereocenters. The van der Waals surface area contributed by atoms with Crippen molar-refractivity contribution in [3.63, 3.8) is 0 Å². The van der Waals surface area contributed by atoms with Crippen molar-refractivity contribution in [1.82, 2.24) is 0 Å². The highest BCUT2D eigenvalue weighted by molar-refractivity contribution is 7.53. The second-order valence-corrected chi connectivity index (χ2v) is 5.73. The molecule has 0 aromatic rings. The van der Waals surface area contributed by atoms with E-state index in [4.69, 9.17) is 19.6 Å². The number of hydrogen-bond acceptors (Lipinski definition) is 5. The predicted molar refractivity (Wildman–Crippen MR) is 76.7 cm³/mol. The first-order chi connectivity index (χ1) is 8.54. The van der Waals surface area contributed by atoms with E-state index in [-0.39, 0.29) is 0 Å². The summed E-state index contributed by atoms with van der Waals surface area (Å²) in [4.78, 5) is 31.3. The first kappa shape index (κ1) is 21.0. The van der Waals surface area contributed by atoms with Gasteiger partial charge in [-0.1, -0.05) is 71.6 Å². The standard InChI is InChI=1S/C11H24.H4O5P2/c1-3-5-7-9-11-10-8-6-4-2;1-6(2)5-7(3)4/h3-11H2,1-2H3;1-4H. The van der Waals surface area contributed by atoms with Gasteiger partial charge in [0.05, 0.1) is 0 Å². The molecule has 0 rings (SSSR count). The molecule has 0 aliphatic rings. The van der Waals surface area contributed by atoms with Crippen molar-refractivity contribution in [1.29, 1.82) is 0 Å². The van der Waals surface area contributed by atoms with Crippen LogP contribution in [-0.4, -0.2) is 19.6 Å². The van der Waals surface area contributed by atoms with Crippen molar-refractivity contribution in [3.8, 4) is 0 Å². The summed E-state index contributed by atoms with van der Waals surface area (Å²) < 4.78 is 3.60. The molecular formula is C11H28O5P2. The zero-order valence-corrected chi connectivity index (χ0v) is 13.2. The summed E-state index contributed by atoms with van der Waals surface area (Å²) in [6.45, 7) is 4.55. The third kappa shape index (κ3) is 25.5. The van der Waals surface area contributed by atoms with Gasteiger partial charge in [0, 0.05) is 0 Å². The molecule has 0 unspecified atom stereocenters. The van der Waals surface area contributed by atoms with Crippen molar-refractivity contribution < 1.29 is 23.9 Å². The predicted octanol–water partition coefficient (Wildman–Crippen LogP) is 3.96. The van der Waals surface area contributed by atoms with Crippen LogP contribution in [0.1, 0.15) is 71.6 Å². The third-order valence-electron chi connectivity index (χ3n) is 2.35. The van der Waals surface area contributed by atoms with E-state index in [1.54, 1.807) is 0 Å². The van der Waals surface area contributed by atoms with E-state index in [2.05, 4.69) is 18.2 Å². The lowest BCUT2D eigenvalue weighted by molar-refractivity contribution is 0.324. The highest BCUT2D eigenvalue weighted by Crippen LogP contribution is 2.41. The molecule has 0 amide bonds. The van der Waals surface area contributed by atoms with E-state index in [0.29, 0.717) is 0 Å². The van der Waals surface area contributed by atoms with Crippen LogP contribution in [0.15, 0.2) is 0 Å². The van der Waals surface area contributed by atoms with Crippen molar-refractivity contribution in [2.75, 3.05) is 0 Å². The van der Waals surface area contributed by atoms with Crippen LogP contribution in [0.3, 0.4) is 0 Å². The molecule has 7 heteroatoms. The Labute approximate surface area is 113 Å². The fourth-order valence-electron chi connectivity index (χ4n) is 1.45. The van der Waals surface area contributed by atoms with Gasteiger partial charge >= 0.3 is 17.2 Å². The number of rotatable bonds is 10. The summed E-state index contributed by atoms with van der Waals surface area (Å²) in [7, 11) is -5.22. The summed E-state index contributed by atoms with van der Waals surface area (Å²) in [6.07, 6.45) is 13.0. The minimum atomic E-state index is -2.61. The van der Waals surface area contributed by atoms with Crippen LogP contribution in [-0.2, 0) is 4.31 Å². The van der Waals surface area contributed by atoms with Crippen molar-refractivity contribution in [2.24, 2.45) is 0 Å². The van der Waals surface area contributed by atoms with E-state index in [9.17, 15) is 0 Å². The molecule has 0 aliphatic heterocycles. The van der Waals surface area contributed by atoms with E-state index in [1.165, 1.54) is 57.8 Å². The summed E-state index contributed by atoms with van der Waals surface area (Å²) in [5.74, 6) is 0. The largest absolute Gasteiger partial charge is 0.334 e. The molecule has 0 fully saturated rings. The Balaban J connectivity index is 0. The maximum absolute atomic E-state index is 7.82. The van der Waals surface area contributed by atoms with Gasteiger partial charge in [-0.05, 0) is 0 Å². The van der Waals surface area contributed by atoms with Crippen molar-refractivity contribution in [2.45, 2.75) is 71.6 Å². The average Bonchev–Trinajstić information content (AvgIpc) is 2.27. The molecule has 0 heterocycles. The Morgan fingerprint density at radius 1 is 0.611 bits per heavy atom. The molecule has 5 nitrogen and oxygen atoms in total. The lowest BCUT2D eigenvalue weighted by Gasteiger charge is -2.00. The van der Waals surface area contributed by atoms with Crippen molar-refractivity contribution in [3.05, 3.63) is 0 Å². The van der Waals surface area contributed by atoms with Crippen LogP contribution in [0.4, 0.5) is 0 Å². The van der Waals surface area contributed by atoms with Crippen LogP contribution >= 0.6 is 17.2 Å². The fourth-order valence-corrected chi connectivity index (χ4v) is 1.97. The molecule has 112 valence electrons. The van der Waals surface area contributed by atoms with Crippen LogP contribution in [0.5, 0.6) is 0 Å². The molecule has 0 saturated carbocycles. The van der Waals surface area contributed by atoms with Gasteiger partial charge in [-0.2, -0.15) is 0 Å². The molecule has 0 saturated heterocycles. The molecule has 0 spiro atoms. The van der Waals surface area contributed by atoms with Gasteiger partial charge in [0.15, 0.2) is 0 Å². The maximum atomic E-state index is 7.82. The molecule has 0 aromatic carbocycles. The Kier molecular flexibility index (Phi) is 20.6. The van der Waals surface area contributed by atoms with Crippen LogP contribution in [0, 0.1) is 0 Å².